The highest BCUT2D eigenvalue weighted by Gasteiger charge is 2.26. The number of halogens is 1. The summed E-state index contributed by atoms with van der Waals surface area (Å²) in [6.45, 7) is 1.41. The number of hydrogen-bond acceptors (Lipinski definition) is 7. The number of sulfonamides is 1. The monoisotopic (exact) mass is 480 g/mol. The highest BCUT2D eigenvalue weighted by Crippen LogP contribution is 2.24. The van der Waals surface area contributed by atoms with Crippen molar-refractivity contribution < 1.29 is 22.9 Å². The summed E-state index contributed by atoms with van der Waals surface area (Å²) in [6, 6.07) is 10.6. The third-order valence-corrected chi connectivity index (χ3v) is 6.97. The normalized spacial score (nSPS) is 15.0. The summed E-state index contributed by atoms with van der Waals surface area (Å²) in [5.41, 5.74) is 3.33. The van der Waals surface area contributed by atoms with Crippen molar-refractivity contribution in [3.8, 4) is 0 Å². The molecule has 1 saturated heterocycles. The van der Waals surface area contributed by atoms with E-state index >= 15 is 0 Å². The average molecular weight is 481 g/mol. The van der Waals surface area contributed by atoms with Crippen LogP contribution in [0.25, 0.3) is 0 Å². The Morgan fingerprint density at radius 3 is 2.56 bits per heavy atom. The molecule has 3 rings (SSSR count). The van der Waals surface area contributed by atoms with Crippen molar-refractivity contribution in [1.82, 2.24) is 9.73 Å². The maximum Gasteiger partial charge on any atom is 0.288 e. The molecule has 2 aromatic carbocycles. The van der Waals surface area contributed by atoms with Gasteiger partial charge in [-0.3, -0.25) is 14.9 Å². The van der Waals surface area contributed by atoms with Gasteiger partial charge in [0, 0.05) is 31.1 Å². The van der Waals surface area contributed by atoms with Crippen molar-refractivity contribution >= 4 is 39.4 Å². The van der Waals surface area contributed by atoms with Gasteiger partial charge in [-0.1, -0.05) is 29.8 Å². The van der Waals surface area contributed by atoms with Gasteiger partial charge in [-0.15, -0.1) is 0 Å². The number of morpholine rings is 1. The number of nitro benzene ring substituents is 1. The van der Waals surface area contributed by atoms with Crippen LogP contribution >= 0.6 is 11.6 Å². The molecule has 170 valence electrons. The molecule has 32 heavy (non-hydrogen) atoms. The van der Waals surface area contributed by atoms with Crippen LogP contribution in [0, 0.1) is 10.1 Å². The van der Waals surface area contributed by atoms with Crippen LogP contribution in [0.3, 0.4) is 0 Å². The molecule has 12 heteroatoms. The second-order valence-corrected chi connectivity index (χ2v) is 9.27. The van der Waals surface area contributed by atoms with Crippen molar-refractivity contribution in [2.24, 2.45) is 5.10 Å². The lowest BCUT2D eigenvalue weighted by atomic mass is 10.1. The number of hydrazone groups is 1. The van der Waals surface area contributed by atoms with Crippen LogP contribution in [0.5, 0.6) is 0 Å². The summed E-state index contributed by atoms with van der Waals surface area (Å²) >= 11 is 5.75. The van der Waals surface area contributed by atoms with Gasteiger partial charge < -0.3 is 4.74 Å². The van der Waals surface area contributed by atoms with E-state index in [-0.39, 0.29) is 27.9 Å². The minimum absolute atomic E-state index is 0.0138. The number of benzene rings is 2. The first-order valence-corrected chi connectivity index (χ1v) is 11.5. The molecule has 10 nitrogen and oxygen atoms in total. The van der Waals surface area contributed by atoms with E-state index in [1.165, 1.54) is 40.9 Å². The fourth-order valence-electron chi connectivity index (χ4n) is 3.01. The number of aryl methyl sites for hydroxylation is 1. The molecule has 1 aliphatic heterocycles. The van der Waals surface area contributed by atoms with E-state index < -0.39 is 14.9 Å². The third kappa shape index (κ3) is 6.10. The number of amides is 1. The van der Waals surface area contributed by atoms with Gasteiger partial charge in [0.05, 0.1) is 29.2 Å². The second kappa shape index (κ2) is 10.6. The lowest BCUT2D eigenvalue weighted by Crippen LogP contribution is -2.40. The smallest absolute Gasteiger partial charge is 0.288 e. The molecule has 1 amide bonds. The molecule has 0 bridgehead atoms. The van der Waals surface area contributed by atoms with Crippen LogP contribution < -0.4 is 5.43 Å². The van der Waals surface area contributed by atoms with Crippen LogP contribution in [0.2, 0.25) is 5.02 Å². The summed E-state index contributed by atoms with van der Waals surface area (Å²) in [6.07, 6.45) is 1.81. The standard InChI is InChI=1S/C20H21ClN4O6S/c21-18-7-3-16(13-19(18)25(27)28)14-22-23-20(26)8-4-15-1-5-17(6-2-15)32(29,30)24-9-11-31-12-10-24/h1-3,5-7,13-14H,4,8-12H2,(H,23,26). The van der Waals surface area contributed by atoms with Crippen LogP contribution in [-0.2, 0) is 26.0 Å². The van der Waals surface area contributed by atoms with Gasteiger partial charge in [0.15, 0.2) is 0 Å². The summed E-state index contributed by atoms with van der Waals surface area (Å²) in [7, 11) is -3.56. The van der Waals surface area contributed by atoms with Crippen molar-refractivity contribution in [1.29, 1.82) is 0 Å². The fourth-order valence-corrected chi connectivity index (χ4v) is 4.60. The Morgan fingerprint density at radius 1 is 1.22 bits per heavy atom. The first-order chi connectivity index (χ1) is 15.3. The van der Waals surface area contributed by atoms with Gasteiger partial charge in [0.2, 0.25) is 15.9 Å². The zero-order valence-electron chi connectivity index (χ0n) is 16.9. The van der Waals surface area contributed by atoms with E-state index in [9.17, 15) is 23.3 Å². The van der Waals surface area contributed by atoms with E-state index in [4.69, 9.17) is 16.3 Å². The Morgan fingerprint density at radius 2 is 1.91 bits per heavy atom. The number of hydrogen-bond donors (Lipinski definition) is 1. The molecular weight excluding hydrogens is 460 g/mol. The van der Waals surface area contributed by atoms with Gasteiger partial charge in [-0.05, 0) is 30.2 Å². The summed E-state index contributed by atoms with van der Waals surface area (Å²) < 4.78 is 31.8. The minimum Gasteiger partial charge on any atom is -0.379 e. The number of carbonyl (C=O) groups excluding carboxylic acids is 1. The first-order valence-electron chi connectivity index (χ1n) is 9.70. The molecule has 0 radical (unpaired) electrons. The molecule has 0 aliphatic carbocycles. The number of rotatable bonds is 8. The van der Waals surface area contributed by atoms with E-state index in [0.29, 0.717) is 38.3 Å². The zero-order valence-corrected chi connectivity index (χ0v) is 18.5. The van der Waals surface area contributed by atoms with Crippen molar-refractivity contribution in [3.63, 3.8) is 0 Å². The molecular formula is C20H21ClN4O6S. The molecule has 2 aromatic rings. The fraction of sp³-hybridized carbons (Fsp3) is 0.300. The quantitative estimate of drug-likeness (QED) is 0.350. The van der Waals surface area contributed by atoms with Crippen molar-refractivity contribution in [2.45, 2.75) is 17.7 Å². The molecule has 0 unspecified atom stereocenters. The maximum atomic E-state index is 12.6. The Kier molecular flexibility index (Phi) is 7.91. The molecule has 1 N–H and O–H groups in total. The zero-order chi connectivity index (χ0) is 23.1. The third-order valence-electron chi connectivity index (χ3n) is 4.74. The largest absolute Gasteiger partial charge is 0.379 e. The van der Waals surface area contributed by atoms with E-state index in [0.717, 1.165) is 5.56 Å². The summed E-state index contributed by atoms with van der Waals surface area (Å²) in [5, 5.41) is 14.7. The number of carbonyl (C=O) groups is 1. The van der Waals surface area contributed by atoms with Gasteiger partial charge in [0.1, 0.15) is 5.02 Å². The highest BCUT2D eigenvalue weighted by molar-refractivity contribution is 7.89. The summed E-state index contributed by atoms with van der Waals surface area (Å²) in [5.74, 6) is -0.352. The molecule has 1 fully saturated rings. The second-order valence-electron chi connectivity index (χ2n) is 6.92. The van der Waals surface area contributed by atoms with Crippen molar-refractivity contribution in [3.05, 3.63) is 68.7 Å². The topological polar surface area (TPSA) is 131 Å². The number of nitrogens with one attached hydrogen (secondary N) is 1. The number of ether oxygens (including phenoxy) is 1. The molecule has 0 spiro atoms. The molecule has 1 heterocycles. The van der Waals surface area contributed by atoms with E-state index in [1.54, 1.807) is 12.1 Å². The minimum atomic E-state index is -3.56. The Bertz CT molecular complexity index is 1120. The highest BCUT2D eigenvalue weighted by atomic mass is 35.5. The van der Waals surface area contributed by atoms with Gasteiger partial charge >= 0.3 is 0 Å². The lowest BCUT2D eigenvalue weighted by Gasteiger charge is -2.26. The van der Waals surface area contributed by atoms with Crippen LogP contribution in [0.15, 0.2) is 52.5 Å². The number of nitrogens with zero attached hydrogens (tertiary/aromatic N) is 3. The van der Waals surface area contributed by atoms with Gasteiger partial charge in [-0.25, -0.2) is 13.8 Å². The van der Waals surface area contributed by atoms with Crippen LogP contribution in [0.4, 0.5) is 5.69 Å². The Labute approximate surface area is 190 Å². The summed E-state index contributed by atoms with van der Waals surface area (Å²) in [4.78, 5) is 22.5. The average Bonchev–Trinajstić information content (AvgIpc) is 2.79. The molecule has 0 atom stereocenters. The van der Waals surface area contributed by atoms with Crippen molar-refractivity contribution in [2.75, 3.05) is 26.3 Å². The maximum absolute atomic E-state index is 12.6. The van der Waals surface area contributed by atoms with Gasteiger partial charge in [-0.2, -0.15) is 9.41 Å². The molecule has 1 aliphatic rings. The first kappa shape index (κ1) is 23.8. The predicted molar refractivity (Wildman–Crippen MR) is 118 cm³/mol. The van der Waals surface area contributed by atoms with E-state index in [2.05, 4.69) is 10.5 Å². The lowest BCUT2D eigenvalue weighted by molar-refractivity contribution is -0.384. The molecule has 0 aromatic heterocycles. The Balaban J connectivity index is 1.51. The van der Waals surface area contributed by atoms with Gasteiger partial charge in [0.25, 0.3) is 5.69 Å². The van der Waals surface area contributed by atoms with E-state index in [1.807, 2.05) is 0 Å². The van der Waals surface area contributed by atoms with Crippen LogP contribution in [0.1, 0.15) is 17.5 Å². The Hall–Kier alpha value is -2.86. The number of nitro groups is 1. The molecule has 0 saturated carbocycles. The predicted octanol–water partition coefficient (Wildman–Crippen LogP) is 2.35. The SMILES string of the molecule is O=C(CCc1ccc(S(=O)(=O)N2CCOCC2)cc1)NN=Cc1ccc(Cl)c([N+](=O)[O-])c1. The van der Waals surface area contributed by atoms with Crippen LogP contribution in [-0.4, -0.2) is 56.1 Å².